The molecule has 0 spiro atoms. The van der Waals surface area contributed by atoms with Crippen molar-refractivity contribution < 1.29 is 0 Å². The highest BCUT2D eigenvalue weighted by atomic mass is 15.2. The lowest BCUT2D eigenvalue weighted by Crippen LogP contribution is -2.54. The van der Waals surface area contributed by atoms with Gasteiger partial charge in [0.05, 0.1) is 0 Å². The molecule has 1 saturated heterocycles. The molecule has 3 unspecified atom stereocenters. The molecule has 78 valence electrons. The molecular formula is C10H23N3. The molecule has 3 heteroatoms. The number of piperazine rings is 1. The average molecular weight is 185 g/mol. The van der Waals surface area contributed by atoms with Gasteiger partial charge in [-0.2, -0.15) is 0 Å². The van der Waals surface area contributed by atoms with Crippen LogP contribution < -0.4 is 11.1 Å². The van der Waals surface area contributed by atoms with Crippen molar-refractivity contribution in [1.82, 2.24) is 10.2 Å². The molecular weight excluding hydrogens is 162 g/mol. The van der Waals surface area contributed by atoms with Crippen molar-refractivity contribution in [1.29, 1.82) is 0 Å². The second kappa shape index (κ2) is 4.94. The first-order chi connectivity index (χ1) is 6.09. The summed E-state index contributed by atoms with van der Waals surface area (Å²) < 4.78 is 0. The first-order valence-corrected chi connectivity index (χ1v) is 5.32. The van der Waals surface area contributed by atoms with Gasteiger partial charge in [0.15, 0.2) is 0 Å². The van der Waals surface area contributed by atoms with Gasteiger partial charge in [-0.05, 0) is 33.7 Å². The molecule has 13 heavy (non-hydrogen) atoms. The van der Waals surface area contributed by atoms with E-state index in [0.717, 1.165) is 26.1 Å². The van der Waals surface area contributed by atoms with Crippen molar-refractivity contribution in [2.24, 2.45) is 5.73 Å². The fourth-order valence-electron chi connectivity index (χ4n) is 1.78. The van der Waals surface area contributed by atoms with E-state index in [4.69, 9.17) is 5.73 Å². The van der Waals surface area contributed by atoms with Crippen LogP contribution in [0, 0.1) is 0 Å². The van der Waals surface area contributed by atoms with Crippen molar-refractivity contribution in [2.45, 2.75) is 45.3 Å². The first-order valence-electron chi connectivity index (χ1n) is 5.32. The van der Waals surface area contributed by atoms with Crippen molar-refractivity contribution in [3.8, 4) is 0 Å². The van der Waals surface area contributed by atoms with Crippen LogP contribution in [0.3, 0.4) is 0 Å². The maximum absolute atomic E-state index is 5.75. The zero-order chi connectivity index (χ0) is 9.84. The molecule has 1 rings (SSSR count). The Morgan fingerprint density at radius 3 is 2.85 bits per heavy atom. The van der Waals surface area contributed by atoms with E-state index in [2.05, 4.69) is 31.0 Å². The Labute approximate surface area is 81.7 Å². The van der Waals surface area contributed by atoms with E-state index < -0.39 is 0 Å². The highest BCUT2D eigenvalue weighted by molar-refractivity contribution is 4.81. The van der Waals surface area contributed by atoms with Gasteiger partial charge >= 0.3 is 0 Å². The third-order valence-corrected chi connectivity index (χ3v) is 2.77. The van der Waals surface area contributed by atoms with E-state index >= 15 is 0 Å². The molecule has 1 aliphatic heterocycles. The normalized spacial score (nSPS) is 33.2. The summed E-state index contributed by atoms with van der Waals surface area (Å²) in [6.07, 6.45) is 1.11. The van der Waals surface area contributed by atoms with Gasteiger partial charge in [-0.1, -0.05) is 0 Å². The highest BCUT2D eigenvalue weighted by Crippen LogP contribution is 2.07. The Balaban J connectivity index is 2.29. The van der Waals surface area contributed by atoms with E-state index in [1.54, 1.807) is 0 Å². The van der Waals surface area contributed by atoms with Crippen molar-refractivity contribution in [2.75, 3.05) is 19.6 Å². The van der Waals surface area contributed by atoms with Crippen LogP contribution in [0.4, 0.5) is 0 Å². The van der Waals surface area contributed by atoms with E-state index in [9.17, 15) is 0 Å². The lowest BCUT2D eigenvalue weighted by atomic mass is 10.1. The number of nitrogens with two attached hydrogens (primary N) is 1. The Morgan fingerprint density at radius 2 is 2.23 bits per heavy atom. The molecule has 3 nitrogen and oxygen atoms in total. The third kappa shape index (κ3) is 3.63. The molecule has 0 amide bonds. The Hall–Kier alpha value is -0.120. The fourth-order valence-corrected chi connectivity index (χ4v) is 1.78. The van der Waals surface area contributed by atoms with Crippen LogP contribution in [0.2, 0.25) is 0 Å². The minimum absolute atomic E-state index is 0.331. The van der Waals surface area contributed by atoms with Crippen LogP contribution in [-0.4, -0.2) is 42.7 Å². The molecule has 1 fully saturated rings. The van der Waals surface area contributed by atoms with Crippen LogP contribution in [0.1, 0.15) is 27.2 Å². The molecule has 1 heterocycles. The predicted octanol–water partition coefficient (Wildman–Crippen LogP) is 0.406. The number of nitrogens with one attached hydrogen (secondary N) is 1. The van der Waals surface area contributed by atoms with Crippen molar-refractivity contribution >= 4 is 0 Å². The molecule has 0 radical (unpaired) electrons. The van der Waals surface area contributed by atoms with Gasteiger partial charge in [-0.3, -0.25) is 4.90 Å². The summed E-state index contributed by atoms with van der Waals surface area (Å²) in [6.45, 7) is 10.0. The molecule has 0 aromatic heterocycles. The molecule has 0 aromatic carbocycles. The topological polar surface area (TPSA) is 41.3 Å². The van der Waals surface area contributed by atoms with Crippen molar-refractivity contribution in [3.63, 3.8) is 0 Å². The van der Waals surface area contributed by atoms with Crippen LogP contribution in [-0.2, 0) is 0 Å². The van der Waals surface area contributed by atoms with Crippen molar-refractivity contribution in [3.05, 3.63) is 0 Å². The second-order valence-electron chi connectivity index (χ2n) is 4.42. The number of hydrogen-bond donors (Lipinski definition) is 2. The zero-order valence-corrected chi connectivity index (χ0v) is 9.09. The fraction of sp³-hybridized carbons (Fsp3) is 1.00. The SMILES string of the molecule is CC(N)CCN1CC(C)NCC1C. The summed E-state index contributed by atoms with van der Waals surface area (Å²) in [5, 5.41) is 3.48. The quantitative estimate of drug-likeness (QED) is 0.669. The van der Waals surface area contributed by atoms with Gasteiger partial charge in [-0.25, -0.2) is 0 Å². The van der Waals surface area contributed by atoms with Gasteiger partial charge in [0.25, 0.3) is 0 Å². The van der Waals surface area contributed by atoms with E-state index in [0.29, 0.717) is 18.1 Å². The smallest absolute Gasteiger partial charge is 0.0193 e. The van der Waals surface area contributed by atoms with Gasteiger partial charge < -0.3 is 11.1 Å². The maximum atomic E-state index is 5.75. The molecule has 0 aliphatic carbocycles. The van der Waals surface area contributed by atoms with Crippen LogP contribution in [0.5, 0.6) is 0 Å². The van der Waals surface area contributed by atoms with Gasteiger partial charge in [0.1, 0.15) is 0 Å². The van der Waals surface area contributed by atoms with Crippen LogP contribution in [0.15, 0.2) is 0 Å². The minimum atomic E-state index is 0.331. The van der Waals surface area contributed by atoms with Gasteiger partial charge in [0, 0.05) is 31.2 Å². The minimum Gasteiger partial charge on any atom is -0.328 e. The Kier molecular flexibility index (Phi) is 4.16. The maximum Gasteiger partial charge on any atom is 0.0193 e. The Bertz CT molecular complexity index is 147. The predicted molar refractivity (Wildman–Crippen MR) is 56.8 cm³/mol. The van der Waals surface area contributed by atoms with E-state index in [1.807, 2.05) is 0 Å². The average Bonchev–Trinajstić information content (AvgIpc) is 2.06. The highest BCUT2D eigenvalue weighted by Gasteiger charge is 2.21. The molecule has 3 atom stereocenters. The monoisotopic (exact) mass is 185 g/mol. The lowest BCUT2D eigenvalue weighted by Gasteiger charge is -2.37. The molecule has 0 bridgehead atoms. The zero-order valence-electron chi connectivity index (χ0n) is 9.09. The molecule has 3 N–H and O–H groups in total. The van der Waals surface area contributed by atoms with Gasteiger partial charge in [-0.15, -0.1) is 0 Å². The summed E-state index contributed by atoms with van der Waals surface area (Å²) in [5.41, 5.74) is 5.75. The summed E-state index contributed by atoms with van der Waals surface area (Å²) in [7, 11) is 0. The number of rotatable bonds is 3. The number of hydrogen-bond acceptors (Lipinski definition) is 3. The second-order valence-corrected chi connectivity index (χ2v) is 4.42. The summed E-state index contributed by atoms with van der Waals surface area (Å²) in [4.78, 5) is 2.53. The molecule has 0 saturated carbocycles. The summed E-state index contributed by atoms with van der Waals surface area (Å²) >= 11 is 0. The van der Waals surface area contributed by atoms with Crippen LogP contribution >= 0.6 is 0 Å². The lowest BCUT2D eigenvalue weighted by molar-refractivity contribution is 0.143. The van der Waals surface area contributed by atoms with E-state index in [-0.39, 0.29) is 0 Å². The summed E-state index contributed by atoms with van der Waals surface area (Å²) in [6, 6.07) is 1.62. The third-order valence-electron chi connectivity index (χ3n) is 2.77. The summed E-state index contributed by atoms with van der Waals surface area (Å²) in [5.74, 6) is 0. The number of nitrogens with zero attached hydrogens (tertiary/aromatic N) is 1. The first kappa shape index (κ1) is 11.0. The van der Waals surface area contributed by atoms with Crippen LogP contribution in [0.25, 0.3) is 0 Å². The largest absolute Gasteiger partial charge is 0.328 e. The van der Waals surface area contributed by atoms with Gasteiger partial charge in [0.2, 0.25) is 0 Å². The molecule has 0 aromatic rings. The Morgan fingerprint density at radius 1 is 1.54 bits per heavy atom. The standard InChI is InChI=1S/C10H23N3/c1-8(11)4-5-13-7-9(2)12-6-10(13)3/h8-10,12H,4-7,11H2,1-3H3. The molecule has 1 aliphatic rings. The van der Waals surface area contributed by atoms with E-state index in [1.165, 1.54) is 0 Å².